The molecule has 0 rings (SSSR count). The number of aliphatic imine (C=N–C) groups is 4. The summed E-state index contributed by atoms with van der Waals surface area (Å²) >= 11 is 0. The van der Waals surface area contributed by atoms with Crippen molar-refractivity contribution in [3.05, 3.63) is 24.7 Å². The molecule has 0 aromatic rings. The molecule has 0 spiro atoms. The largest absolute Gasteiger partial charge is 0.513 e. The Balaban J connectivity index is -0.000000422. The number of rotatable bonds is 64. The lowest BCUT2D eigenvalue weighted by Gasteiger charge is -2.14. The Morgan fingerprint density at radius 2 is 0.468 bits per heavy atom. The first kappa shape index (κ1) is 110. The lowest BCUT2D eigenvalue weighted by molar-refractivity contribution is -0.142. The van der Waals surface area contributed by atoms with Crippen LogP contribution in [0.25, 0.3) is 0 Å². The van der Waals surface area contributed by atoms with Gasteiger partial charge in [0.1, 0.15) is 41.8 Å². The number of unbranched alkanes of at least 4 members (excludes halogenated alkanes) is 17. The predicted octanol–water partition coefficient (Wildman–Crippen LogP) is 5.17. The third-order valence-electron chi connectivity index (χ3n) is 16.0. The Labute approximate surface area is 655 Å². The number of guanidine groups is 4. The van der Waals surface area contributed by atoms with Gasteiger partial charge in [0.25, 0.3) is 0 Å². The van der Waals surface area contributed by atoms with Crippen LogP contribution in [0.15, 0.2) is 44.6 Å². The van der Waals surface area contributed by atoms with Crippen molar-refractivity contribution in [2.75, 3.05) is 32.7 Å². The second kappa shape index (κ2) is 75.6. The molecule has 0 aliphatic carbocycles. The highest BCUT2D eigenvalue weighted by atomic mass is 16.4. The molecule has 0 aromatic carbocycles. The molecule has 0 saturated carbocycles. The number of Topliss-reactive ketones (excluding diaryl/α,β-unsaturated/α-hetero) is 2. The summed E-state index contributed by atoms with van der Waals surface area (Å²) in [4.78, 5) is 151. The highest BCUT2D eigenvalue weighted by Crippen LogP contribution is 2.14. The summed E-state index contributed by atoms with van der Waals surface area (Å²) in [5.41, 5.74) is 46.8. The van der Waals surface area contributed by atoms with Gasteiger partial charge < -0.3 is 124 Å². The molecular weight excluding hydrogens is 1440 g/mol. The van der Waals surface area contributed by atoms with Gasteiger partial charge in [0.2, 0.25) is 29.5 Å². The number of amides is 5. The van der Waals surface area contributed by atoms with Gasteiger partial charge in [0.15, 0.2) is 23.8 Å². The number of hydrogen-bond acceptors (Lipinski definition) is 19. The van der Waals surface area contributed by atoms with Crippen molar-refractivity contribution in [2.24, 2.45) is 71.6 Å². The van der Waals surface area contributed by atoms with Crippen LogP contribution in [0.5, 0.6) is 0 Å². The van der Waals surface area contributed by atoms with Crippen LogP contribution < -0.4 is 78.2 Å². The van der Waals surface area contributed by atoms with E-state index in [9.17, 15) is 57.5 Å². The van der Waals surface area contributed by atoms with Crippen molar-refractivity contribution in [1.82, 2.24) is 26.6 Å². The standard InChI is InChI=1S/C16H30N4O4.C15H28N4O4.C15H28N2O4.C14H26N4O4.C14H28N4O3/c1-12(21)8-5-3-2-4-6-10-14(22)20-13(15(23)24)9-7-11-19-16(17)18;1-11(20)7-4-2-3-5-9-13(21)19-12(14(22)23)8-6-10-18-15(16)17;1-12(18)8-4-2-3-5-10-14(19)17-13(15(20)21)9-6-7-11-16;1-10(19)6-3-2-4-8-12(20)18-11(13(21)22)7-5-9-17-14(15)16;1-2-3-4-5-6-9-12(19)18-11(13(20)21)8-7-10-17-14(15)16/h13,21H,1-11H2,(H,20,22)(H,23,24)(H4,17,18,19);12H,2-10H2,1H3,(H,19,21)(H,22,23)(H4,16,17,18);13H,2-11,16H2,1H3,(H,17,19)(H,20,21);11,19H,1-9H2,(H,18,20)(H,21,22)(H4,15,16,17);11H,2-10H2,1H3,(H,18,19)(H,20,21)(H4,15,16,17). The number of carbonyl (C=O) groups is 12. The number of nitrogens with one attached hydrogen (secondary N) is 5. The van der Waals surface area contributed by atoms with Gasteiger partial charge in [0, 0.05) is 84.0 Å². The van der Waals surface area contributed by atoms with Gasteiger partial charge in [0.05, 0.1) is 11.5 Å². The van der Waals surface area contributed by atoms with Gasteiger partial charge >= 0.3 is 29.8 Å². The summed E-state index contributed by atoms with van der Waals surface area (Å²) in [7, 11) is 0. The average Bonchev–Trinajstić information content (AvgIpc) is 0.965. The molecule has 0 bridgehead atoms. The molecule has 30 N–H and O–H groups in total. The number of carboxylic acid groups (broad SMARTS) is 5. The van der Waals surface area contributed by atoms with Crippen LogP contribution in [0.4, 0.5) is 0 Å². The summed E-state index contributed by atoms with van der Waals surface area (Å²) < 4.78 is 0. The maximum absolute atomic E-state index is 11.8. The summed E-state index contributed by atoms with van der Waals surface area (Å²) in [5, 5.41) is 75.9. The Morgan fingerprint density at radius 1 is 0.279 bits per heavy atom. The highest BCUT2D eigenvalue weighted by molar-refractivity contribution is 5.86. The lowest BCUT2D eigenvalue weighted by Crippen LogP contribution is -2.40. The second-order valence-corrected chi connectivity index (χ2v) is 26.7. The van der Waals surface area contributed by atoms with E-state index in [1.807, 2.05) is 0 Å². The molecule has 37 nitrogen and oxygen atoms in total. The lowest BCUT2D eigenvalue weighted by atomic mass is 10.1. The van der Waals surface area contributed by atoms with Crippen LogP contribution in [0.3, 0.4) is 0 Å². The van der Waals surface area contributed by atoms with Gasteiger partial charge in [-0.1, -0.05) is 97.1 Å². The predicted molar refractivity (Wildman–Crippen MR) is 429 cm³/mol. The molecule has 640 valence electrons. The number of nitrogens with zero attached hydrogens (tertiary/aromatic N) is 4. The summed E-state index contributed by atoms with van der Waals surface area (Å²) in [6, 6.07) is -4.46. The van der Waals surface area contributed by atoms with E-state index in [0.717, 1.165) is 116 Å². The van der Waals surface area contributed by atoms with E-state index in [1.165, 1.54) is 6.42 Å². The molecule has 0 fully saturated rings. The molecule has 111 heavy (non-hydrogen) atoms. The quantitative estimate of drug-likeness (QED) is 0.0162. The zero-order valence-electron chi connectivity index (χ0n) is 66.3. The van der Waals surface area contributed by atoms with Crippen LogP contribution in [-0.2, 0) is 57.5 Å². The van der Waals surface area contributed by atoms with Crippen molar-refractivity contribution < 1.29 is 93.3 Å². The minimum absolute atomic E-state index is 0.0158. The van der Waals surface area contributed by atoms with Gasteiger partial charge in [-0.2, -0.15) is 0 Å². The Kier molecular flexibility index (Phi) is 74.7. The van der Waals surface area contributed by atoms with Gasteiger partial charge in [-0.3, -0.25) is 43.9 Å². The van der Waals surface area contributed by atoms with E-state index in [4.69, 9.17) is 87.3 Å². The monoisotopic (exact) mass is 1590 g/mol. The van der Waals surface area contributed by atoms with Crippen LogP contribution >= 0.6 is 0 Å². The van der Waals surface area contributed by atoms with Crippen molar-refractivity contribution in [2.45, 2.75) is 314 Å². The van der Waals surface area contributed by atoms with Gasteiger partial charge in [-0.15, -0.1) is 0 Å². The topological polar surface area (TPSA) is 690 Å². The number of hydrogen-bond donors (Lipinski definition) is 21. The zero-order valence-corrected chi connectivity index (χ0v) is 66.3. The third kappa shape index (κ3) is 85.6. The number of carbonyl (C=O) groups excluding carboxylic acids is 7. The summed E-state index contributed by atoms with van der Waals surface area (Å²) in [6.07, 6.45) is 27.3. The summed E-state index contributed by atoms with van der Waals surface area (Å²) in [6.45, 7) is 14.0. The Bertz CT molecular complexity index is 2780. The number of aliphatic hydroxyl groups excluding tert-OH is 2. The molecule has 5 amide bonds. The molecular formula is C74H140N18O19. The van der Waals surface area contributed by atoms with Crippen LogP contribution in [0.1, 0.15) is 284 Å². The maximum atomic E-state index is 11.8. The van der Waals surface area contributed by atoms with Crippen LogP contribution in [0, 0.1) is 0 Å². The molecule has 5 unspecified atom stereocenters. The van der Waals surface area contributed by atoms with Crippen molar-refractivity contribution >= 4 is 94.8 Å². The number of carboxylic acids is 5. The smallest absolute Gasteiger partial charge is 0.326 e. The van der Waals surface area contributed by atoms with E-state index < -0.39 is 60.1 Å². The molecule has 0 saturated heterocycles. The third-order valence-corrected chi connectivity index (χ3v) is 16.0. The second-order valence-electron chi connectivity index (χ2n) is 26.7. The first-order valence-electron chi connectivity index (χ1n) is 38.7. The van der Waals surface area contributed by atoms with E-state index in [0.29, 0.717) is 142 Å². The fraction of sp³-hybridized carbons (Fsp3) is 0.730. The fourth-order valence-electron chi connectivity index (χ4n) is 9.98. The zero-order chi connectivity index (χ0) is 85.2. The first-order chi connectivity index (χ1) is 52.4. The minimum Gasteiger partial charge on any atom is -0.513 e. The fourth-order valence-corrected chi connectivity index (χ4v) is 9.98. The van der Waals surface area contributed by atoms with E-state index in [-0.39, 0.29) is 109 Å². The number of nitrogens with two attached hydrogens (primary N) is 9. The van der Waals surface area contributed by atoms with Crippen molar-refractivity contribution in [3.8, 4) is 0 Å². The van der Waals surface area contributed by atoms with E-state index >= 15 is 0 Å². The molecule has 0 heterocycles. The number of aliphatic carboxylic acids is 5. The van der Waals surface area contributed by atoms with Gasteiger partial charge in [-0.05, 0) is 149 Å². The Morgan fingerprint density at radius 3 is 0.658 bits per heavy atom. The highest BCUT2D eigenvalue weighted by Gasteiger charge is 2.24. The van der Waals surface area contributed by atoms with Gasteiger partial charge in [-0.25, -0.2) is 24.0 Å². The van der Waals surface area contributed by atoms with Crippen LogP contribution in [0.2, 0.25) is 0 Å². The Hall–Kier alpha value is -9.84. The SMILES string of the molecule is C=C(O)CCCCCC(=O)NC(CCCN=C(N)N)C(=O)O.C=C(O)CCCCCCCC(=O)NC(CCCN=C(N)N)C(=O)O.CC(=O)CCCCCCC(=O)NC(CCCCN)C(=O)O.CC(=O)CCCCCCC(=O)NC(CCCN=C(N)N)C(=O)O.CCCCCCCC(=O)NC(CCCN=C(N)N)C(=O)O. The van der Waals surface area contributed by atoms with E-state index in [2.05, 4.69) is 66.6 Å². The normalized spacial score (nSPS) is 11.6. The van der Waals surface area contributed by atoms with Crippen LogP contribution in [-0.4, -0.2) is 193 Å². The maximum Gasteiger partial charge on any atom is 0.326 e. The number of aliphatic hydroxyl groups is 2. The minimum atomic E-state index is -1.07. The molecule has 37 heteroatoms. The molecule has 0 aliphatic heterocycles. The number of allylic oxidation sites excluding steroid dienone is 2. The van der Waals surface area contributed by atoms with Crippen molar-refractivity contribution in [1.29, 1.82) is 0 Å². The molecule has 5 atom stereocenters. The average molecular weight is 1590 g/mol. The first-order valence-corrected chi connectivity index (χ1v) is 38.7. The molecule has 0 radical (unpaired) electrons. The summed E-state index contributed by atoms with van der Waals surface area (Å²) in [5.74, 6) is -5.90. The number of ketones is 2. The molecule has 0 aliphatic rings. The van der Waals surface area contributed by atoms with E-state index in [1.54, 1.807) is 13.8 Å². The molecule has 0 aromatic heterocycles. The van der Waals surface area contributed by atoms with Crippen molar-refractivity contribution in [3.63, 3.8) is 0 Å².